The molecular weight excluding hydrogens is 327 g/mol. The second kappa shape index (κ2) is 5.77. The van der Waals surface area contributed by atoms with Crippen LogP contribution < -0.4 is 5.32 Å². The number of hydrogen-bond acceptors (Lipinski definition) is 5. The van der Waals surface area contributed by atoms with Gasteiger partial charge in [0.1, 0.15) is 16.5 Å². The van der Waals surface area contributed by atoms with Gasteiger partial charge in [-0.3, -0.25) is 4.79 Å². The van der Waals surface area contributed by atoms with E-state index < -0.39 is 9.84 Å². The molecule has 0 saturated carbocycles. The number of nitrogens with zero attached hydrogens (tertiary/aromatic N) is 1. The van der Waals surface area contributed by atoms with Crippen LogP contribution in [0.25, 0.3) is 10.6 Å². The second-order valence-corrected chi connectivity index (χ2v) is 8.21. The van der Waals surface area contributed by atoms with Gasteiger partial charge in [0.05, 0.1) is 11.5 Å². The van der Waals surface area contributed by atoms with Crippen LogP contribution >= 0.6 is 11.3 Å². The summed E-state index contributed by atoms with van der Waals surface area (Å²) < 4.78 is 35.7. The monoisotopic (exact) mass is 340 g/mol. The van der Waals surface area contributed by atoms with E-state index in [1.807, 2.05) is 0 Å². The third-order valence-corrected chi connectivity index (χ3v) is 6.05. The predicted octanol–water partition coefficient (Wildman–Crippen LogP) is 1.87. The van der Waals surface area contributed by atoms with Crippen molar-refractivity contribution in [2.45, 2.75) is 12.5 Å². The van der Waals surface area contributed by atoms with Crippen LogP contribution in [0.5, 0.6) is 0 Å². The van der Waals surface area contributed by atoms with Crippen molar-refractivity contribution in [1.29, 1.82) is 0 Å². The van der Waals surface area contributed by atoms with Crippen LogP contribution in [-0.4, -0.2) is 36.9 Å². The van der Waals surface area contributed by atoms with E-state index in [-0.39, 0.29) is 35.0 Å². The number of hydrogen-bond donors (Lipinski definition) is 1. The van der Waals surface area contributed by atoms with Crippen molar-refractivity contribution in [3.63, 3.8) is 0 Å². The quantitative estimate of drug-likeness (QED) is 0.925. The SMILES string of the molecule is O=C(N[C@@H]1CCS(=O)(=O)C1)c1csc(-c2ccc(F)cc2)n1. The van der Waals surface area contributed by atoms with E-state index >= 15 is 0 Å². The van der Waals surface area contributed by atoms with E-state index in [4.69, 9.17) is 0 Å². The number of rotatable bonds is 3. The maximum atomic E-state index is 12.9. The molecule has 1 saturated heterocycles. The van der Waals surface area contributed by atoms with Gasteiger partial charge < -0.3 is 5.32 Å². The maximum Gasteiger partial charge on any atom is 0.271 e. The van der Waals surface area contributed by atoms with Crippen molar-refractivity contribution in [3.8, 4) is 10.6 Å². The Balaban J connectivity index is 1.71. The molecule has 8 heteroatoms. The van der Waals surface area contributed by atoms with Gasteiger partial charge in [0.15, 0.2) is 9.84 Å². The first kappa shape index (κ1) is 15.1. The number of amides is 1. The second-order valence-electron chi connectivity index (χ2n) is 5.12. The van der Waals surface area contributed by atoms with E-state index in [9.17, 15) is 17.6 Å². The van der Waals surface area contributed by atoms with Crippen LogP contribution in [0.4, 0.5) is 4.39 Å². The van der Waals surface area contributed by atoms with Gasteiger partial charge in [-0.05, 0) is 30.7 Å². The number of aromatic nitrogens is 1. The first-order chi connectivity index (χ1) is 10.4. The van der Waals surface area contributed by atoms with E-state index in [0.29, 0.717) is 11.4 Å². The number of carbonyl (C=O) groups excluding carboxylic acids is 1. The van der Waals surface area contributed by atoms with Crippen molar-refractivity contribution in [2.75, 3.05) is 11.5 Å². The molecular formula is C14H13FN2O3S2. The molecule has 0 bridgehead atoms. The van der Waals surface area contributed by atoms with E-state index in [1.165, 1.54) is 23.5 Å². The first-order valence-corrected chi connectivity index (χ1v) is 9.36. The van der Waals surface area contributed by atoms with Crippen LogP contribution in [0.3, 0.4) is 0 Å². The van der Waals surface area contributed by atoms with Crippen LogP contribution in [0.15, 0.2) is 29.6 Å². The number of halogens is 1. The van der Waals surface area contributed by atoms with Crippen LogP contribution in [0.1, 0.15) is 16.9 Å². The molecule has 1 fully saturated rings. The molecule has 1 atom stereocenters. The highest BCUT2D eigenvalue weighted by molar-refractivity contribution is 7.91. The maximum absolute atomic E-state index is 12.9. The first-order valence-electron chi connectivity index (χ1n) is 6.66. The lowest BCUT2D eigenvalue weighted by Gasteiger charge is -2.08. The Labute approximate surface area is 131 Å². The Morgan fingerprint density at radius 1 is 1.32 bits per heavy atom. The third kappa shape index (κ3) is 3.33. The van der Waals surface area contributed by atoms with Gasteiger partial charge >= 0.3 is 0 Å². The summed E-state index contributed by atoms with van der Waals surface area (Å²) in [6, 6.07) is 5.51. The topological polar surface area (TPSA) is 76.1 Å². The molecule has 3 rings (SSSR count). The van der Waals surface area contributed by atoms with Crippen LogP contribution in [-0.2, 0) is 9.84 Å². The van der Waals surface area contributed by atoms with Gasteiger partial charge in [0, 0.05) is 17.0 Å². The third-order valence-electron chi connectivity index (χ3n) is 3.40. The fourth-order valence-corrected chi connectivity index (χ4v) is 4.75. The molecule has 0 radical (unpaired) electrons. The van der Waals surface area contributed by atoms with Crippen LogP contribution in [0, 0.1) is 5.82 Å². The minimum atomic E-state index is -3.03. The highest BCUT2D eigenvalue weighted by Gasteiger charge is 2.29. The summed E-state index contributed by atoms with van der Waals surface area (Å²) in [5.74, 6) is -0.629. The Hall–Kier alpha value is -1.80. The molecule has 0 spiro atoms. The van der Waals surface area contributed by atoms with E-state index in [1.54, 1.807) is 17.5 Å². The zero-order valence-corrected chi connectivity index (χ0v) is 13.1. The lowest BCUT2D eigenvalue weighted by atomic mass is 10.2. The molecule has 1 amide bonds. The molecule has 1 aromatic carbocycles. The van der Waals surface area contributed by atoms with Gasteiger partial charge in [-0.25, -0.2) is 17.8 Å². The highest BCUT2D eigenvalue weighted by atomic mass is 32.2. The average Bonchev–Trinajstić information content (AvgIpc) is 3.06. The number of nitrogens with one attached hydrogen (secondary N) is 1. The molecule has 2 aromatic rings. The van der Waals surface area contributed by atoms with Crippen molar-refractivity contribution >= 4 is 27.1 Å². The molecule has 0 unspecified atom stereocenters. The number of thiazole rings is 1. The lowest BCUT2D eigenvalue weighted by Crippen LogP contribution is -2.35. The fourth-order valence-electron chi connectivity index (χ4n) is 2.27. The molecule has 1 N–H and O–H groups in total. The smallest absolute Gasteiger partial charge is 0.271 e. The van der Waals surface area contributed by atoms with Gasteiger partial charge in [-0.15, -0.1) is 11.3 Å². The van der Waals surface area contributed by atoms with Gasteiger partial charge in [-0.1, -0.05) is 0 Å². The minimum absolute atomic E-state index is 0.0201. The predicted molar refractivity (Wildman–Crippen MR) is 82.0 cm³/mol. The van der Waals surface area contributed by atoms with Gasteiger partial charge in [0.2, 0.25) is 0 Å². The molecule has 116 valence electrons. The number of sulfone groups is 1. The molecule has 1 aromatic heterocycles. The van der Waals surface area contributed by atoms with Crippen LogP contribution in [0.2, 0.25) is 0 Å². The summed E-state index contributed by atoms with van der Waals surface area (Å²) in [6.45, 7) is 0. The average molecular weight is 340 g/mol. The Bertz CT molecular complexity index is 800. The summed E-state index contributed by atoms with van der Waals surface area (Å²) in [6.07, 6.45) is 0.434. The molecule has 1 aliphatic rings. The fraction of sp³-hybridized carbons (Fsp3) is 0.286. The normalized spacial score (nSPS) is 20.0. The summed E-state index contributed by atoms with van der Waals surface area (Å²) >= 11 is 1.28. The number of benzene rings is 1. The molecule has 22 heavy (non-hydrogen) atoms. The van der Waals surface area contributed by atoms with Gasteiger partial charge in [-0.2, -0.15) is 0 Å². The Morgan fingerprint density at radius 2 is 2.05 bits per heavy atom. The van der Waals surface area contributed by atoms with Crippen molar-refractivity contribution in [2.24, 2.45) is 0 Å². The van der Waals surface area contributed by atoms with Crippen molar-refractivity contribution < 1.29 is 17.6 Å². The number of carbonyl (C=O) groups is 1. The van der Waals surface area contributed by atoms with Crippen molar-refractivity contribution in [3.05, 3.63) is 41.2 Å². The lowest BCUT2D eigenvalue weighted by molar-refractivity contribution is 0.0937. The van der Waals surface area contributed by atoms with E-state index in [0.717, 1.165) is 5.56 Å². The summed E-state index contributed by atoms with van der Waals surface area (Å²) in [7, 11) is -3.03. The Morgan fingerprint density at radius 3 is 2.68 bits per heavy atom. The molecule has 2 heterocycles. The van der Waals surface area contributed by atoms with Crippen molar-refractivity contribution in [1.82, 2.24) is 10.3 Å². The van der Waals surface area contributed by atoms with E-state index in [2.05, 4.69) is 10.3 Å². The zero-order chi connectivity index (χ0) is 15.7. The summed E-state index contributed by atoms with van der Waals surface area (Å²) in [5.41, 5.74) is 0.975. The summed E-state index contributed by atoms with van der Waals surface area (Å²) in [5, 5.41) is 4.91. The highest BCUT2D eigenvalue weighted by Crippen LogP contribution is 2.24. The standard InChI is InChI=1S/C14H13FN2O3S2/c15-10-3-1-9(2-4-10)14-17-12(7-21-14)13(18)16-11-5-6-22(19,20)8-11/h1-4,7,11H,5-6,8H2,(H,16,18)/t11-/m1/s1. The molecule has 0 aliphatic carbocycles. The van der Waals surface area contributed by atoms with Gasteiger partial charge in [0.25, 0.3) is 5.91 Å². The zero-order valence-electron chi connectivity index (χ0n) is 11.5. The largest absolute Gasteiger partial charge is 0.347 e. The molecule has 5 nitrogen and oxygen atoms in total. The Kier molecular flexibility index (Phi) is 3.96. The summed E-state index contributed by atoms with van der Waals surface area (Å²) in [4.78, 5) is 16.3. The molecule has 1 aliphatic heterocycles. The minimum Gasteiger partial charge on any atom is -0.347 e.